The molecular formula is C27H31N3O4S. The molecule has 35 heavy (non-hydrogen) atoms. The summed E-state index contributed by atoms with van der Waals surface area (Å²) in [5, 5.41) is 0. The second kappa shape index (κ2) is 10.9. The predicted octanol–water partition coefficient (Wildman–Crippen LogP) is 3.52. The fourth-order valence-electron chi connectivity index (χ4n) is 4.16. The Kier molecular flexibility index (Phi) is 7.73. The van der Waals surface area contributed by atoms with Crippen LogP contribution in [0, 0.1) is 0 Å². The molecule has 184 valence electrons. The lowest BCUT2D eigenvalue weighted by molar-refractivity contribution is 0.0638. The van der Waals surface area contributed by atoms with Crippen molar-refractivity contribution in [3.63, 3.8) is 0 Å². The maximum atomic E-state index is 13.2. The van der Waals surface area contributed by atoms with Crippen molar-refractivity contribution in [2.24, 2.45) is 0 Å². The Balaban J connectivity index is 1.36. The molecule has 0 spiro atoms. The van der Waals surface area contributed by atoms with Crippen molar-refractivity contribution in [1.29, 1.82) is 0 Å². The number of amides is 1. The molecule has 8 heteroatoms. The van der Waals surface area contributed by atoms with Crippen molar-refractivity contribution in [2.75, 3.05) is 51.2 Å². The van der Waals surface area contributed by atoms with Crippen LogP contribution in [0.25, 0.3) is 0 Å². The number of methoxy groups -OCH3 is 1. The van der Waals surface area contributed by atoms with Gasteiger partial charge in [-0.05, 0) is 54.4 Å². The van der Waals surface area contributed by atoms with Crippen molar-refractivity contribution in [3.05, 3.63) is 90.0 Å². The van der Waals surface area contributed by atoms with Gasteiger partial charge >= 0.3 is 0 Å². The van der Waals surface area contributed by atoms with Gasteiger partial charge in [0.1, 0.15) is 5.75 Å². The number of anilines is 1. The van der Waals surface area contributed by atoms with E-state index in [9.17, 15) is 13.2 Å². The van der Waals surface area contributed by atoms with Crippen LogP contribution in [0.4, 0.5) is 5.69 Å². The van der Waals surface area contributed by atoms with Gasteiger partial charge in [0, 0.05) is 45.3 Å². The normalized spacial score (nSPS) is 14.5. The zero-order valence-corrected chi connectivity index (χ0v) is 20.9. The van der Waals surface area contributed by atoms with Crippen molar-refractivity contribution in [1.82, 2.24) is 9.80 Å². The number of para-hydroxylation sites is 1. The Labute approximate surface area is 207 Å². The molecule has 1 heterocycles. The van der Waals surface area contributed by atoms with Crippen LogP contribution >= 0.6 is 0 Å². The van der Waals surface area contributed by atoms with Crippen molar-refractivity contribution in [2.45, 2.75) is 11.3 Å². The number of hydrogen-bond donors (Lipinski definition) is 0. The first-order valence-corrected chi connectivity index (χ1v) is 13.1. The van der Waals surface area contributed by atoms with Gasteiger partial charge in [0.15, 0.2) is 0 Å². The second-order valence-corrected chi connectivity index (χ2v) is 10.5. The van der Waals surface area contributed by atoms with Gasteiger partial charge in [-0.1, -0.05) is 36.4 Å². The highest BCUT2D eigenvalue weighted by molar-refractivity contribution is 7.92. The summed E-state index contributed by atoms with van der Waals surface area (Å²) in [7, 11) is -0.600. The molecule has 1 aliphatic heterocycles. The molecule has 0 saturated carbocycles. The van der Waals surface area contributed by atoms with Crippen molar-refractivity contribution in [3.8, 4) is 5.75 Å². The van der Waals surface area contributed by atoms with Crippen LogP contribution in [0.15, 0.2) is 83.8 Å². The Morgan fingerprint density at radius 2 is 1.60 bits per heavy atom. The average molecular weight is 494 g/mol. The van der Waals surface area contributed by atoms with Crippen LogP contribution in [0.2, 0.25) is 0 Å². The van der Waals surface area contributed by atoms with E-state index in [1.54, 1.807) is 48.4 Å². The Hall–Kier alpha value is -3.36. The number of carbonyl (C=O) groups is 1. The molecule has 1 amide bonds. The van der Waals surface area contributed by atoms with Gasteiger partial charge in [-0.3, -0.25) is 14.0 Å². The topological polar surface area (TPSA) is 70.2 Å². The molecule has 4 rings (SSSR count). The van der Waals surface area contributed by atoms with E-state index in [0.717, 1.165) is 31.8 Å². The summed E-state index contributed by atoms with van der Waals surface area (Å²) in [6, 6.07) is 23.3. The first-order chi connectivity index (χ1) is 16.9. The minimum Gasteiger partial charge on any atom is -0.497 e. The smallest absolute Gasteiger partial charge is 0.264 e. The second-order valence-electron chi connectivity index (χ2n) is 8.57. The lowest BCUT2D eigenvalue weighted by Gasteiger charge is -2.35. The Morgan fingerprint density at radius 3 is 2.26 bits per heavy atom. The summed E-state index contributed by atoms with van der Waals surface area (Å²) < 4.78 is 32.7. The van der Waals surface area contributed by atoms with Crippen LogP contribution in [0.1, 0.15) is 15.9 Å². The van der Waals surface area contributed by atoms with E-state index in [1.807, 2.05) is 18.2 Å². The lowest BCUT2D eigenvalue weighted by atomic mass is 10.1. The van der Waals surface area contributed by atoms with Crippen LogP contribution in [0.5, 0.6) is 5.75 Å². The quantitative estimate of drug-likeness (QED) is 0.480. The molecular weight excluding hydrogens is 462 g/mol. The first-order valence-electron chi connectivity index (χ1n) is 11.7. The Bertz CT molecular complexity index is 1240. The molecule has 7 nitrogen and oxygen atoms in total. The molecule has 3 aromatic carbocycles. The zero-order valence-electron chi connectivity index (χ0n) is 20.1. The predicted molar refractivity (Wildman–Crippen MR) is 138 cm³/mol. The van der Waals surface area contributed by atoms with Gasteiger partial charge in [-0.25, -0.2) is 8.42 Å². The van der Waals surface area contributed by atoms with Crippen molar-refractivity contribution >= 4 is 21.6 Å². The molecule has 0 N–H and O–H groups in total. The lowest BCUT2D eigenvalue weighted by Crippen LogP contribution is -2.49. The molecule has 1 saturated heterocycles. The standard InChI is InChI=1S/C27H31N3O4S/c1-28(24-8-4-3-5-9-24)35(32,33)26-10-6-7-23(21-26)27(31)30-19-17-29(18-20-30)16-15-22-11-13-25(34-2)14-12-22/h3-14,21H,15-20H2,1-2H3. The monoisotopic (exact) mass is 493 g/mol. The van der Waals surface area contributed by atoms with Crippen LogP contribution < -0.4 is 9.04 Å². The molecule has 1 aliphatic rings. The summed E-state index contributed by atoms with van der Waals surface area (Å²) in [5.41, 5.74) is 2.21. The maximum absolute atomic E-state index is 13.2. The highest BCUT2D eigenvalue weighted by atomic mass is 32.2. The summed E-state index contributed by atoms with van der Waals surface area (Å²) in [6.07, 6.45) is 0.937. The highest BCUT2D eigenvalue weighted by Crippen LogP contribution is 2.23. The minimum atomic E-state index is -3.78. The van der Waals surface area contributed by atoms with Crippen molar-refractivity contribution < 1.29 is 17.9 Å². The third kappa shape index (κ3) is 5.83. The van der Waals surface area contributed by atoms with Gasteiger partial charge in [-0.2, -0.15) is 0 Å². The molecule has 0 bridgehead atoms. The number of sulfonamides is 1. The molecule has 0 aliphatic carbocycles. The maximum Gasteiger partial charge on any atom is 0.264 e. The highest BCUT2D eigenvalue weighted by Gasteiger charge is 2.25. The SMILES string of the molecule is COc1ccc(CCN2CCN(C(=O)c3cccc(S(=O)(=O)N(C)c4ccccc4)c3)CC2)cc1. The number of benzene rings is 3. The van der Waals surface area contributed by atoms with Gasteiger partial charge in [0.25, 0.3) is 15.9 Å². The summed E-state index contributed by atoms with van der Waals surface area (Å²) in [4.78, 5) is 17.4. The van der Waals surface area contributed by atoms with Crippen LogP contribution in [0.3, 0.4) is 0 Å². The molecule has 3 aromatic rings. The number of rotatable bonds is 8. The van der Waals surface area contributed by atoms with Gasteiger partial charge in [0.05, 0.1) is 17.7 Å². The zero-order chi connectivity index (χ0) is 24.8. The van der Waals surface area contributed by atoms with E-state index in [1.165, 1.54) is 29.0 Å². The number of nitrogens with zero attached hydrogens (tertiary/aromatic N) is 3. The number of carbonyl (C=O) groups excluding carboxylic acids is 1. The molecule has 0 aromatic heterocycles. The first kappa shape index (κ1) is 24.8. The number of piperazine rings is 1. The summed E-state index contributed by atoms with van der Waals surface area (Å²) >= 11 is 0. The summed E-state index contributed by atoms with van der Waals surface area (Å²) in [5.74, 6) is 0.712. The van der Waals surface area contributed by atoms with Gasteiger partial charge in [0.2, 0.25) is 0 Å². The summed E-state index contributed by atoms with van der Waals surface area (Å²) in [6.45, 7) is 3.73. The molecule has 0 radical (unpaired) electrons. The van der Waals surface area contributed by atoms with Gasteiger partial charge < -0.3 is 9.64 Å². The third-order valence-electron chi connectivity index (χ3n) is 6.39. The van der Waals surface area contributed by atoms with E-state index in [2.05, 4.69) is 17.0 Å². The molecule has 0 atom stereocenters. The third-order valence-corrected chi connectivity index (χ3v) is 8.18. The van der Waals surface area contributed by atoms with E-state index >= 15 is 0 Å². The number of hydrogen-bond acceptors (Lipinski definition) is 5. The largest absolute Gasteiger partial charge is 0.497 e. The number of ether oxygens (including phenoxy) is 1. The van der Waals surface area contributed by atoms with E-state index < -0.39 is 10.0 Å². The average Bonchev–Trinajstić information content (AvgIpc) is 2.92. The molecule has 1 fully saturated rings. The van der Waals surface area contributed by atoms with E-state index in [0.29, 0.717) is 24.3 Å². The fraction of sp³-hybridized carbons (Fsp3) is 0.296. The van der Waals surface area contributed by atoms with Crippen LogP contribution in [-0.4, -0.2) is 71.0 Å². The van der Waals surface area contributed by atoms with E-state index in [-0.39, 0.29) is 10.8 Å². The fourth-order valence-corrected chi connectivity index (χ4v) is 5.40. The minimum absolute atomic E-state index is 0.104. The van der Waals surface area contributed by atoms with E-state index in [4.69, 9.17) is 4.74 Å². The Morgan fingerprint density at radius 1 is 0.914 bits per heavy atom. The van der Waals surface area contributed by atoms with Crippen LogP contribution in [-0.2, 0) is 16.4 Å². The van der Waals surface area contributed by atoms with Gasteiger partial charge in [-0.15, -0.1) is 0 Å². The molecule has 0 unspecified atom stereocenters.